The third-order valence-electron chi connectivity index (χ3n) is 1.71. The predicted molar refractivity (Wildman–Crippen MR) is 61.3 cm³/mol. The Hall–Kier alpha value is -0.730. The first-order valence-electron chi connectivity index (χ1n) is 4.47. The average Bonchev–Trinajstić information content (AvgIpc) is 2.52. The molecule has 0 saturated heterocycles. The quantitative estimate of drug-likeness (QED) is 0.670. The Kier molecular flexibility index (Phi) is 3.78. The van der Waals surface area contributed by atoms with E-state index in [1.54, 1.807) is 18.5 Å². The second kappa shape index (κ2) is 4.67. The summed E-state index contributed by atoms with van der Waals surface area (Å²) >= 11 is 11.7. The Balaban J connectivity index is 0.000000461. The number of pyridine rings is 1. The zero-order valence-corrected chi connectivity index (χ0v) is 9.89. The summed E-state index contributed by atoms with van der Waals surface area (Å²) in [5.74, 6) is 0. The Labute approximate surface area is 93.5 Å². The summed E-state index contributed by atoms with van der Waals surface area (Å²) in [5, 5.41) is 1.20. The maximum atomic E-state index is 5.91. The number of halogens is 2. The van der Waals surface area contributed by atoms with E-state index in [2.05, 4.69) is 4.98 Å². The lowest BCUT2D eigenvalue weighted by atomic mass is 10.4. The van der Waals surface area contributed by atoms with E-state index in [0.717, 1.165) is 11.3 Å². The van der Waals surface area contributed by atoms with E-state index in [1.165, 1.54) is 0 Å². The van der Waals surface area contributed by atoms with Gasteiger partial charge in [-0.15, -0.1) is 0 Å². The second-order valence-corrected chi connectivity index (χ2v) is 3.44. The zero-order valence-electron chi connectivity index (χ0n) is 8.38. The summed E-state index contributed by atoms with van der Waals surface area (Å²) in [7, 11) is 0. The highest BCUT2D eigenvalue weighted by Crippen LogP contribution is 2.21. The molecular weight excluding hydrogens is 219 g/mol. The van der Waals surface area contributed by atoms with Gasteiger partial charge in [-0.25, -0.2) is 4.98 Å². The van der Waals surface area contributed by atoms with Gasteiger partial charge in [0.05, 0.1) is 10.0 Å². The van der Waals surface area contributed by atoms with E-state index in [4.69, 9.17) is 23.2 Å². The topological polar surface area (TPSA) is 17.3 Å². The van der Waals surface area contributed by atoms with Gasteiger partial charge in [-0.05, 0) is 13.0 Å². The Bertz CT molecular complexity index is 435. The van der Waals surface area contributed by atoms with Crippen molar-refractivity contribution in [2.45, 2.75) is 20.8 Å². The van der Waals surface area contributed by atoms with E-state index in [-0.39, 0.29) is 0 Å². The van der Waals surface area contributed by atoms with Crippen LogP contribution in [0.4, 0.5) is 0 Å². The van der Waals surface area contributed by atoms with Crippen molar-refractivity contribution < 1.29 is 0 Å². The first-order chi connectivity index (χ1) is 6.68. The molecule has 76 valence electrons. The van der Waals surface area contributed by atoms with Crippen LogP contribution in [0.25, 0.3) is 5.65 Å². The maximum absolute atomic E-state index is 5.91. The molecule has 0 N–H and O–H groups in total. The number of fused-ring (bicyclic) bond motifs is 1. The van der Waals surface area contributed by atoms with Crippen LogP contribution in [0.5, 0.6) is 0 Å². The Morgan fingerprint density at radius 1 is 1.29 bits per heavy atom. The van der Waals surface area contributed by atoms with Gasteiger partial charge in [0.25, 0.3) is 0 Å². The van der Waals surface area contributed by atoms with Crippen LogP contribution in [0.1, 0.15) is 19.5 Å². The van der Waals surface area contributed by atoms with Crippen molar-refractivity contribution in [3.05, 3.63) is 34.2 Å². The average molecular weight is 231 g/mol. The number of aryl methyl sites for hydroxylation is 1. The van der Waals surface area contributed by atoms with Crippen LogP contribution in [0.2, 0.25) is 10.0 Å². The van der Waals surface area contributed by atoms with Gasteiger partial charge >= 0.3 is 0 Å². The highest BCUT2D eigenvalue weighted by Gasteiger charge is 2.03. The molecule has 0 bridgehead atoms. The third-order valence-corrected chi connectivity index (χ3v) is 2.20. The Morgan fingerprint density at radius 2 is 1.93 bits per heavy atom. The summed E-state index contributed by atoms with van der Waals surface area (Å²) in [5.41, 5.74) is 1.77. The van der Waals surface area contributed by atoms with Crippen molar-refractivity contribution in [3.8, 4) is 0 Å². The molecule has 0 fully saturated rings. The fraction of sp³-hybridized carbons (Fsp3) is 0.300. The van der Waals surface area contributed by atoms with Crippen molar-refractivity contribution in [1.29, 1.82) is 0 Å². The van der Waals surface area contributed by atoms with Crippen molar-refractivity contribution >= 4 is 28.8 Å². The molecule has 0 aliphatic carbocycles. The van der Waals surface area contributed by atoms with Gasteiger partial charge in [-0.1, -0.05) is 37.0 Å². The van der Waals surface area contributed by atoms with Gasteiger partial charge in [0.2, 0.25) is 0 Å². The number of aromatic nitrogens is 2. The van der Waals surface area contributed by atoms with Gasteiger partial charge in [0, 0.05) is 18.1 Å². The minimum atomic E-state index is 0.579. The monoisotopic (exact) mass is 230 g/mol. The van der Waals surface area contributed by atoms with Gasteiger partial charge in [-0.2, -0.15) is 0 Å². The van der Waals surface area contributed by atoms with Crippen LogP contribution < -0.4 is 0 Å². The van der Waals surface area contributed by atoms with Gasteiger partial charge < -0.3 is 4.40 Å². The van der Waals surface area contributed by atoms with E-state index < -0.39 is 0 Å². The largest absolute Gasteiger partial charge is 0.302 e. The van der Waals surface area contributed by atoms with Crippen LogP contribution >= 0.6 is 23.2 Å². The molecular formula is C10H12Cl2N2. The molecule has 2 rings (SSSR count). The molecule has 0 radical (unpaired) electrons. The molecule has 0 atom stereocenters. The molecule has 4 heteroatoms. The number of hydrogen-bond donors (Lipinski definition) is 0. The molecule has 0 unspecified atom stereocenters. The van der Waals surface area contributed by atoms with Crippen molar-refractivity contribution in [2.75, 3.05) is 0 Å². The molecule has 0 amide bonds. The molecule has 0 aliphatic heterocycles. The molecule has 14 heavy (non-hydrogen) atoms. The van der Waals surface area contributed by atoms with Crippen molar-refractivity contribution in [1.82, 2.24) is 9.38 Å². The summed E-state index contributed by atoms with van der Waals surface area (Å²) in [6, 6.07) is 1.69. The molecule has 0 aliphatic rings. The molecule has 2 nitrogen and oxygen atoms in total. The minimum Gasteiger partial charge on any atom is -0.302 e. The van der Waals surface area contributed by atoms with Crippen LogP contribution in [0.15, 0.2) is 18.5 Å². The Morgan fingerprint density at radius 3 is 2.57 bits per heavy atom. The van der Waals surface area contributed by atoms with Crippen LogP contribution in [0.3, 0.4) is 0 Å². The highest BCUT2D eigenvalue weighted by atomic mass is 35.5. The van der Waals surface area contributed by atoms with Crippen LogP contribution in [-0.2, 0) is 0 Å². The third kappa shape index (κ3) is 2.02. The lowest BCUT2D eigenvalue weighted by Gasteiger charge is -1.98. The second-order valence-electron chi connectivity index (χ2n) is 2.60. The lowest BCUT2D eigenvalue weighted by Crippen LogP contribution is -1.87. The minimum absolute atomic E-state index is 0.579. The number of hydrogen-bond acceptors (Lipinski definition) is 1. The van der Waals surface area contributed by atoms with Crippen LogP contribution in [0, 0.1) is 6.92 Å². The molecule has 2 aromatic heterocycles. The zero-order chi connectivity index (χ0) is 10.7. The van der Waals surface area contributed by atoms with Crippen LogP contribution in [-0.4, -0.2) is 9.38 Å². The summed E-state index contributed by atoms with van der Waals surface area (Å²) in [6.07, 6.45) is 3.56. The predicted octanol–water partition coefficient (Wildman–Crippen LogP) is 3.98. The molecule has 2 heterocycles. The number of imidazole rings is 1. The smallest absolute Gasteiger partial charge is 0.155 e. The highest BCUT2D eigenvalue weighted by molar-refractivity contribution is 6.36. The molecule has 0 aromatic carbocycles. The summed E-state index contributed by atoms with van der Waals surface area (Å²) in [6.45, 7) is 5.95. The molecule has 2 aromatic rings. The first kappa shape index (κ1) is 11.3. The number of rotatable bonds is 0. The first-order valence-corrected chi connectivity index (χ1v) is 5.23. The summed E-state index contributed by atoms with van der Waals surface area (Å²) in [4.78, 5) is 4.13. The standard InChI is InChI=1S/C8H6Cl2N2.C2H6/c1-5-3-11-8-7(10)2-6(9)4-12(5)8;1-2/h2-4H,1H3;1-2H3. The lowest BCUT2D eigenvalue weighted by molar-refractivity contribution is 1.11. The molecule has 0 saturated carbocycles. The normalized spacial score (nSPS) is 9.79. The maximum Gasteiger partial charge on any atom is 0.155 e. The fourth-order valence-electron chi connectivity index (χ4n) is 1.13. The van der Waals surface area contributed by atoms with E-state index >= 15 is 0 Å². The van der Waals surface area contributed by atoms with Gasteiger partial charge in [-0.3, -0.25) is 0 Å². The van der Waals surface area contributed by atoms with E-state index in [9.17, 15) is 0 Å². The summed E-state index contributed by atoms with van der Waals surface area (Å²) < 4.78 is 1.87. The van der Waals surface area contributed by atoms with Gasteiger partial charge in [0.15, 0.2) is 5.65 Å². The number of nitrogens with zero attached hydrogens (tertiary/aromatic N) is 2. The SMILES string of the molecule is CC.Cc1cnc2c(Cl)cc(Cl)cn12. The van der Waals surface area contributed by atoms with Crippen molar-refractivity contribution in [3.63, 3.8) is 0 Å². The van der Waals surface area contributed by atoms with E-state index in [1.807, 2.05) is 25.2 Å². The fourth-order valence-corrected chi connectivity index (χ4v) is 1.65. The molecule has 0 spiro atoms. The van der Waals surface area contributed by atoms with Crippen molar-refractivity contribution in [2.24, 2.45) is 0 Å². The van der Waals surface area contributed by atoms with E-state index in [0.29, 0.717) is 10.0 Å². The van der Waals surface area contributed by atoms with Gasteiger partial charge in [0.1, 0.15) is 0 Å².